The van der Waals surface area contributed by atoms with Gasteiger partial charge in [-0.05, 0) is 49.7 Å². The Morgan fingerprint density at radius 3 is 2.57 bits per heavy atom. The molecule has 1 aromatic rings. The fourth-order valence-corrected chi connectivity index (χ4v) is 4.00. The van der Waals surface area contributed by atoms with Crippen molar-refractivity contribution in [2.24, 2.45) is 4.99 Å². The zero-order valence-electron chi connectivity index (χ0n) is 17.4. The summed E-state index contributed by atoms with van der Waals surface area (Å²) < 4.78 is 11.9. The Morgan fingerprint density at radius 1 is 1.18 bits per heavy atom. The van der Waals surface area contributed by atoms with E-state index in [0.29, 0.717) is 12.2 Å². The summed E-state index contributed by atoms with van der Waals surface area (Å²) in [6.07, 6.45) is 7.45. The van der Waals surface area contributed by atoms with Gasteiger partial charge in [0.25, 0.3) is 0 Å². The van der Waals surface area contributed by atoms with Gasteiger partial charge in [-0.25, -0.2) is 0 Å². The van der Waals surface area contributed by atoms with Gasteiger partial charge >= 0.3 is 0 Å². The average molecular weight is 501 g/mol. The summed E-state index contributed by atoms with van der Waals surface area (Å²) in [5.74, 6) is 0.995. The van der Waals surface area contributed by atoms with Gasteiger partial charge in [-0.15, -0.1) is 24.0 Å². The van der Waals surface area contributed by atoms with Gasteiger partial charge in [0.2, 0.25) is 0 Å². The van der Waals surface area contributed by atoms with E-state index >= 15 is 0 Å². The van der Waals surface area contributed by atoms with E-state index in [9.17, 15) is 0 Å². The largest absolute Gasteiger partial charge is 0.376 e. The van der Waals surface area contributed by atoms with E-state index in [1.54, 1.807) is 0 Å². The van der Waals surface area contributed by atoms with Crippen molar-refractivity contribution in [2.45, 2.75) is 64.2 Å². The number of benzene rings is 1. The maximum atomic E-state index is 6.13. The highest BCUT2D eigenvalue weighted by molar-refractivity contribution is 14.0. The van der Waals surface area contributed by atoms with Gasteiger partial charge in [0.15, 0.2) is 5.96 Å². The minimum Gasteiger partial charge on any atom is -0.376 e. The van der Waals surface area contributed by atoms with Crippen LogP contribution in [0, 0.1) is 0 Å². The highest BCUT2D eigenvalue weighted by Gasteiger charge is 2.23. The van der Waals surface area contributed by atoms with E-state index in [2.05, 4.69) is 46.4 Å². The summed E-state index contributed by atoms with van der Waals surface area (Å²) in [6.45, 7) is 6.67. The molecule has 5 nitrogen and oxygen atoms in total. The quantitative estimate of drug-likeness (QED) is 0.364. The molecule has 0 bridgehead atoms. The first-order chi connectivity index (χ1) is 13.3. The first-order valence-electron chi connectivity index (χ1n) is 10.6. The van der Waals surface area contributed by atoms with Crippen LogP contribution in [0.5, 0.6) is 0 Å². The third-order valence-corrected chi connectivity index (χ3v) is 5.68. The molecule has 1 N–H and O–H groups in total. The second kappa shape index (κ2) is 12.6. The third kappa shape index (κ3) is 6.88. The molecule has 2 heterocycles. The van der Waals surface area contributed by atoms with Crippen LogP contribution in [-0.4, -0.2) is 56.4 Å². The summed E-state index contributed by atoms with van der Waals surface area (Å²) >= 11 is 0. The number of guanidine groups is 1. The Labute approximate surface area is 187 Å². The molecule has 6 heteroatoms. The molecular formula is C22H36IN3O2. The SMILES string of the molecule is CCc1ccccc1CNC(=NC)N1CCC(OCC2CCCCO2)CC1.I. The summed E-state index contributed by atoms with van der Waals surface area (Å²) in [7, 11) is 1.87. The molecule has 0 aliphatic carbocycles. The third-order valence-electron chi connectivity index (χ3n) is 5.68. The number of aryl methyl sites for hydroxylation is 1. The fourth-order valence-electron chi connectivity index (χ4n) is 4.00. The van der Waals surface area contributed by atoms with Gasteiger partial charge in [-0.2, -0.15) is 0 Å². The van der Waals surface area contributed by atoms with E-state index in [1.807, 2.05) is 7.05 Å². The highest BCUT2D eigenvalue weighted by Crippen LogP contribution is 2.18. The molecule has 0 spiro atoms. The number of halogens is 1. The Balaban J connectivity index is 0.00000280. The number of hydrogen-bond acceptors (Lipinski definition) is 3. The summed E-state index contributed by atoms with van der Waals surface area (Å²) in [5.41, 5.74) is 2.75. The van der Waals surface area contributed by atoms with E-state index in [4.69, 9.17) is 9.47 Å². The van der Waals surface area contributed by atoms with Crippen molar-refractivity contribution in [3.63, 3.8) is 0 Å². The zero-order valence-corrected chi connectivity index (χ0v) is 19.7. The van der Waals surface area contributed by atoms with Crippen LogP contribution in [0.2, 0.25) is 0 Å². The standard InChI is InChI=1S/C22H35N3O2.HI/c1-3-18-8-4-5-9-19(18)16-24-22(23-2)25-13-11-20(12-14-25)27-17-21-10-6-7-15-26-21;/h4-5,8-9,20-21H,3,6-7,10-17H2,1-2H3,(H,23,24);1H. The van der Waals surface area contributed by atoms with E-state index in [-0.39, 0.29) is 24.0 Å². The number of hydrogen-bond donors (Lipinski definition) is 1. The number of aliphatic imine (C=N–C) groups is 1. The summed E-state index contributed by atoms with van der Waals surface area (Å²) in [5, 5.41) is 3.54. The molecule has 3 rings (SSSR count). The molecule has 2 aliphatic rings. The lowest BCUT2D eigenvalue weighted by molar-refractivity contribution is -0.0721. The predicted molar refractivity (Wildman–Crippen MR) is 126 cm³/mol. The first kappa shape index (κ1) is 23.4. The zero-order chi connectivity index (χ0) is 18.9. The minimum atomic E-state index is 0. The molecule has 0 radical (unpaired) electrons. The van der Waals surface area contributed by atoms with Crippen LogP contribution in [-0.2, 0) is 22.4 Å². The average Bonchev–Trinajstić information content (AvgIpc) is 2.74. The fraction of sp³-hybridized carbons (Fsp3) is 0.682. The van der Waals surface area contributed by atoms with Crippen molar-refractivity contribution in [1.29, 1.82) is 0 Å². The lowest BCUT2D eigenvalue weighted by Gasteiger charge is -2.35. The van der Waals surface area contributed by atoms with Crippen molar-refractivity contribution in [2.75, 3.05) is 33.4 Å². The Kier molecular flexibility index (Phi) is 10.6. The minimum absolute atomic E-state index is 0. The Morgan fingerprint density at radius 2 is 1.93 bits per heavy atom. The van der Waals surface area contributed by atoms with Crippen molar-refractivity contribution < 1.29 is 9.47 Å². The molecule has 1 atom stereocenters. The number of nitrogens with one attached hydrogen (secondary N) is 1. The number of likely N-dealkylation sites (tertiary alicyclic amines) is 1. The van der Waals surface area contributed by atoms with Gasteiger partial charge in [0.1, 0.15) is 0 Å². The molecule has 0 aromatic heterocycles. The second-order valence-electron chi connectivity index (χ2n) is 7.53. The van der Waals surface area contributed by atoms with Crippen LogP contribution in [0.1, 0.15) is 50.2 Å². The second-order valence-corrected chi connectivity index (χ2v) is 7.53. The van der Waals surface area contributed by atoms with Gasteiger partial charge in [-0.1, -0.05) is 31.2 Å². The molecule has 28 heavy (non-hydrogen) atoms. The Hall–Kier alpha value is -0.860. The Bertz CT molecular complexity index is 597. The van der Waals surface area contributed by atoms with Crippen LogP contribution in [0.15, 0.2) is 29.3 Å². The van der Waals surface area contributed by atoms with E-state index < -0.39 is 0 Å². The topological polar surface area (TPSA) is 46.1 Å². The molecule has 0 amide bonds. The molecular weight excluding hydrogens is 465 g/mol. The van der Waals surface area contributed by atoms with E-state index in [1.165, 1.54) is 24.0 Å². The number of ether oxygens (including phenoxy) is 2. The van der Waals surface area contributed by atoms with Crippen LogP contribution >= 0.6 is 24.0 Å². The van der Waals surface area contributed by atoms with Crippen molar-refractivity contribution >= 4 is 29.9 Å². The van der Waals surface area contributed by atoms with Gasteiger partial charge < -0.3 is 19.7 Å². The molecule has 0 saturated carbocycles. The van der Waals surface area contributed by atoms with Crippen molar-refractivity contribution in [3.8, 4) is 0 Å². The van der Waals surface area contributed by atoms with Crippen LogP contribution in [0.4, 0.5) is 0 Å². The van der Waals surface area contributed by atoms with Crippen molar-refractivity contribution in [3.05, 3.63) is 35.4 Å². The number of piperidine rings is 1. The number of rotatable bonds is 6. The first-order valence-corrected chi connectivity index (χ1v) is 10.6. The summed E-state index contributed by atoms with van der Waals surface area (Å²) in [6, 6.07) is 8.63. The molecule has 2 saturated heterocycles. The van der Waals surface area contributed by atoms with Crippen LogP contribution < -0.4 is 5.32 Å². The molecule has 1 unspecified atom stereocenters. The van der Waals surface area contributed by atoms with Crippen LogP contribution in [0.25, 0.3) is 0 Å². The maximum absolute atomic E-state index is 6.13. The normalized spacial score (nSPS) is 21.3. The molecule has 1 aromatic carbocycles. The molecule has 2 fully saturated rings. The highest BCUT2D eigenvalue weighted by atomic mass is 127. The lowest BCUT2D eigenvalue weighted by atomic mass is 10.1. The predicted octanol–water partition coefficient (Wildman–Crippen LogP) is 3.99. The summed E-state index contributed by atoms with van der Waals surface area (Å²) in [4.78, 5) is 6.85. The smallest absolute Gasteiger partial charge is 0.193 e. The number of nitrogens with zero attached hydrogens (tertiary/aromatic N) is 2. The van der Waals surface area contributed by atoms with Crippen molar-refractivity contribution in [1.82, 2.24) is 10.2 Å². The van der Waals surface area contributed by atoms with E-state index in [0.717, 1.165) is 64.5 Å². The van der Waals surface area contributed by atoms with Gasteiger partial charge in [0.05, 0.1) is 18.8 Å². The van der Waals surface area contributed by atoms with Crippen LogP contribution in [0.3, 0.4) is 0 Å². The van der Waals surface area contributed by atoms with Gasteiger partial charge in [0, 0.05) is 33.3 Å². The monoisotopic (exact) mass is 501 g/mol. The van der Waals surface area contributed by atoms with Gasteiger partial charge in [-0.3, -0.25) is 4.99 Å². The maximum Gasteiger partial charge on any atom is 0.193 e. The molecule has 158 valence electrons. The lowest BCUT2D eigenvalue weighted by Crippen LogP contribution is -2.47. The molecule has 2 aliphatic heterocycles.